The summed E-state index contributed by atoms with van der Waals surface area (Å²) in [7, 11) is -1.32. The Hall–Kier alpha value is -0.540. The summed E-state index contributed by atoms with van der Waals surface area (Å²) in [4.78, 5) is 6.30. The molecular weight excluding hydrogens is 461 g/mol. The number of rotatable bonds is 3. The Labute approximate surface area is 166 Å². The molecule has 0 saturated carbocycles. The Morgan fingerprint density at radius 3 is 2.50 bits per heavy atom. The van der Waals surface area contributed by atoms with Crippen LogP contribution in [-0.2, 0) is 16.3 Å². The Balaban J connectivity index is 0.00000288. The van der Waals surface area contributed by atoms with Crippen LogP contribution in [0.3, 0.4) is 0 Å². The molecule has 0 spiro atoms. The Bertz CT molecular complexity index is 675. The maximum Gasteiger partial charge on any atom is 0.193 e. The van der Waals surface area contributed by atoms with Gasteiger partial charge in [0, 0.05) is 31.7 Å². The van der Waals surface area contributed by atoms with Gasteiger partial charge in [0.25, 0.3) is 0 Å². The molecule has 1 heterocycles. The van der Waals surface area contributed by atoms with Crippen LogP contribution in [0.2, 0.25) is 5.02 Å². The molecule has 1 N–H and O–H groups in total. The van der Waals surface area contributed by atoms with Crippen molar-refractivity contribution in [3.63, 3.8) is 0 Å². The van der Waals surface area contributed by atoms with Gasteiger partial charge in [0.2, 0.25) is 0 Å². The summed E-state index contributed by atoms with van der Waals surface area (Å²) in [6, 6.07) is 7.76. The molecule has 0 atom stereocenters. The summed E-state index contributed by atoms with van der Waals surface area (Å²) in [6.07, 6.45) is 0.853. The molecule has 1 aromatic rings. The van der Waals surface area contributed by atoms with E-state index in [1.165, 1.54) is 5.56 Å². The van der Waals surface area contributed by atoms with Crippen molar-refractivity contribution < 1.29 is 8.42 Å². The van der Waals surface area contributed by atoms with E-state index in [0.29, 0.717) is 13.1 Å². The minimum atomic E-state index is -3.04. The number of hydrogen-bond donors (Lipinski definition) is 1. The lowest BCUT2D eigenvalue weighted by molar-refractivity contribution is 0.353. The first-order chi connectivity index (χ1) is 10.7. The van der Waals surface area contributed by atoms with Crippen molar-refractivity contribution in [2.24, 2.45) is 4.99 Å². The quantitative estimate of drug-likeness (QED) is 0.406. The summed E-state index contributed by atoms with van der Waals surface area (Å²) in [5.41, 5.74) is 1.19. The van der Waals surface area contributed by atoms with Crippen molar-refractivity contribution in [3.8, 4) is 0 Å². The third kappa shape index (κ3) is 5.23. The van der Waals surface area contributed by atoms with Crippen molar-refractivity contribution in [3.05, 3.63) is 34.9 Å². The molecule has 136 valence electrons. The van der Waals surface area contributed by atoms with Crippen molar-refractivity contribution in [1.82, 2.24) is 10.2 Å². The first-order valence-corrected chi connectivity index (χ1v) is 9.70. The second-order valence-electron chi connectivity index (χ2n) is 6.35. The van der Waals surface area contributed by atoms with E-state index in [1.54, 1.807) is 20.9 Å². The molecule has 0 bridgehead atoms. The van der Waals surface area contributed by atoms with Crippen LogP contribution in [-0.4, -0.2) is 56.5 Å². The van der Waals surface area contributed by atoms with Gasteiger partial charge < -0.3 is 10.2 Å². The number of halogens is 2. The lowest BCUT2D eigenvalue weighted by Crippen LogP contribution is -2.57. The van der Waals surface area contributed by atoms with Gasteiger partial charge in [-0.2, -0.15) is 0 Å². The number of nitrogens with zero attached hydrogens (tertiary/aromatic N) is 2. The smallest absolute Gasteiger partial charge is 0.193 e. The van der Waals surface area contributed by atoms with E-state index in [9.17, 15) is 8.42 Å². The third-order valence-electron chi connectivity index (χ3n) is 4.16. The monoisotopic (exact) mass is 485 g/mol. The first-order valence-electron chi connectivity index (χ1n) is 7.67. The van der Waals surface area contributed by atoms with Gasteiger partial charge in [-0.05, 0) is 38.0 Å². The second-order valence-corrected chi connectivity index (χ2v) is 9.53. The molecular formula is C16H25ClIN3O2S. The predicted molar refractivity (Wildman–Crippen MR) is 111 cm³/mol. The van der Waals surface area contributed by atoms with Gasteiger partial charge in [-0.15, -0.1) is 24.0 Å². The molecule has 24 heavy (non-hydrogen) atoms. The predicted octanol–water partition coefficient (Wildman–Crippen LogP) is 2.58. The largest absolute Gasteiger partial charge is 0.356 e. The van der Waals surface area contributed by atoms with Gasteiger partial charge in [-0.1, -0.05) is 23.7 Å². The standard InChI is InChI=1S/C16H24ClN3O2S.HI/c1-16(2)12-20(10-11-23(16,21)22)15(18-3)19-9-8-13-4-6-14(17)7-5-13;/h4-7H,8-12H2,1-3H3,(H,18,19);1H. The van der Waals surface area contributed by atoms with E-state index >= 15 is 0 Å². The summed E-state index contributed by atoms with van der Waals surface area (Å²) >= 11 is 5.88. The summed E-state index contributed by atoms with van der Waals surface area (Å²) in [6.45, 7) is 5.21. The molecule has 1 aromatic carbocycles. The van der Waals surface area contributed by atoms with Gasteiger partial charge >= 0.3 is 0 Å². The third-order valence-corrected chi connectivity index (χ3v) is 6.95. The highest BCUT2D eigenvalue weighted by atomic mass is 127. The molecule has 5 nitrogen and oxygen atoms in total. The van der Waals surface area contributed by atoms with E-state index in [1.807, 2.05) is 29.2 Å². The van der Waals surface area contributed by atoms with E-state index in [-0.39, 0.29) is 29.7 Å². The van der Waals surface area contributed by atoms with Crippen molar-refractivity contribution in [1.29, 1.82) is 0 Å². The maximum atomic E-state index is 12.1. The minimum absolute atomic E-state index is 0. The Morgan fingerprint density at radius 1 is 1.33 bits per heavy atom. The van der Waals surface area contributed by atoms with Crippen LogP contribution in [0.5, 0.6) is 0 Å². The highest BCUT2D eigenvalue weighted by molar-refractivity contribution is 14.0. The molecule has 1 aliphatic rings. The van der Waals surface area contributed by atoms with Crippen LogP contribution in [0.15, 0.2) is 29.3 Å². The van der Waals surface area contributed by atoms with Crippen LogP contribution in [0.1, 0.15) is 19.4 Å². The molecule has 1 fully saturated rings. The van der Waals surface area contributed by atoms with Crippen LogP contribution < -0.4 is 5.32 Å². The first kappa shape index (κ1) is 21.5. The number of nitrogens with one attached hydrogen (secondary N) is 1. The molecule has 8 heteroatoms. The number of benzene rings is 1. The van der Waals surface area contributed by atoms with Crippen molar-refractivity contribution >= 4 is 51.4 Å². The average Bonchev–Trinajstić information content (AvgIpc) is 2.49. The summed E-state index contributed by atoms with van der Waals surface area (Å²) in [5.74, 6) is 0.916. The molecule has 0 radical (unpaired) electrons. The molecule has 2 rings (SSSR count). The lowest BCUT2D eigenvalue weighted by atomic mass is 10.1. The fraction of sp³-hybridized carbons (Fsp3) is 0.562. The van der Waals surface area contributed by atoms with Gasteiger partial charge in [0.05, 0.1) is 10.5 Å². The van der Waals surface area contributed by atoms with Gasteiger partial charge in [0.1, 0.15) is 0 Å². The Morgan fingerprint density at radius 2 is 1.96 bits per heavy atom. The van der Waals surface area contributed by atoms with Gasteiger partial charge in [0.15, 0.2) is 15.8 Å². The fourth-order valence-corrected chi connectivity index (χ4v) is 4.12. The summed E-state index contributed by atoms with van der Waals surface area (Å²) < 4.78 is 23.4. The lowest BCUT2D eigenvalue weighted by Gasteiger charge is -2.39. The molecule has 0 unspecified atom stereocenters. The highest BCUT2D eigenvalue weighted by Crippen LogP contribution is 2.23. The molecule has 0 aliphatic carbocycles. The van der Waals surface area contributed by atoms with Crippen LogP contribution in [0, 0.1) is 0 Å². The van der Waals surface area contributed by atoms with E-state index in [0.717, 1.165) is 23.9 Å². The minimum Gasteiger partial charge on any atom is -0.356 e. The molecule has 0 aromatic heterocycles. The number of aliphatic imine (C=N–C) groups is 1. The molecule has 1 saturated heterocycles. The maximum absolute atomic E-state index is 12.1. The zero-order valence-corrected chi connectivity index (χ0v) is 18.2. The van der Waals surface area contributed by atoms with Crippen molar-refractivity contribution in [2.45, 2.75) is 25.0 Å². The van der Waals surface area contributed by atoms with Gasteiger partial charge in [-0.3, -0.25) is 4.99 Å². The number of sulfone groups is 1. The van der Waals surface area contributed by atoms with E-state index < -0.39 is 14.6 Å². The second kappa shape index (κ2) is 8.71. The van der Waals surface area contributed by atoms with Crippen LogP contribution in [0.4, 0.5) is 0 Å². The van der Waals surface area contributed by atoms with Crippen molar-refractivity contribution in [2.75, 3.05) is 32.4 Å². The number of hydrogen-bond acceptors (Lipinski definition) is 3. The molecule has 0 amide bonds. The average molecular weight is 486 g/mol. The SMILES string of the molecule is CN=C(NCCc1ccc(Cl)cc1)N1CCS(=O)(=O)C(C)(C)C1.I. The van der Waals surface area contributed by atoms with E-state index in [4.69, 9.17) is 11.6 Å². The highest BCUT2D eigenvalue weighted by Gasteiger charge is 2.40. The van der Waals surface area contributed by atoms with Crippen LogP contribution in [0.25, 0.3) is 0 Å². The Kier molecular flexibility index (Phi) is 7.80. The normalized spacial score (nSPS) is 19.5. The fourth-order valence-electron chi connectivity index (χ4n) is 2.63. The van der Waals surface area contributed by atoms with Crippen LogP contribution >= 0.6 is 35.6 Å². The zero-order chi connectivity index (χ0) is 17.1. The summed E-state index contributed by atoms with van der Waals surface area (Å²) in [5, 5.41) is 4.05. The van der Waals surface area contributed by atoms with E-state index in [2.05, 4.69) is 10.3 Å². The molecule has 1 aliphatic heterocycles. The zero-order valence-electron chi connectivity index (χ0n) is 14.3. The van der Waals surface area contributed by atoms with Gasteiger partial charge in [-0.25, -0.2) is 8.42 Å². The topological polar surface area (TPSA) is 61.8 Å². The number of guanidine groups is 1.